The first-order chi connectivity index (χ1) is 10.2. The Labute approximate surface area is 124 Å². The van der Waals surface area contributed by atoms with Crippen LogP contribution < -0.4 is 21.1 Å². The summed E-state index contributed by atoms with van der Waals surface area (Å²) >= 11 is 0. The Hall–Kier alpha value is -2.35. The van der Waals surface area contributed by atoms with Crippen LogP contribution in [0.15, 0.2) is 23.0 Å². The van der Waals surface area contributed by atoms with E-state index in [-0.39, 0.29) is 0 Å². The molecule has 8 nitrogen and oxygen atoms in total. The van der Waals surface area contributed by atoms with Crippen LogP contribution in [-0.4, -0.2) is 35.1 Å². The fourth-order valence-electron chi connectivity index (χ4n) is 1.96. The highest BCUT2D eigenvalue weighted by Gasteiger charge is 2.14. The Balaban J connectivity index is 2.27. The average Bonchev–Trinajstić information content (AvgIpc) is 3.01. The molecule has 8 heteroatoms. The molecule has 0 saturated carbocycles. The van der Waals surface area contributed by atoms with Gasteiger partial charge in [-0.3, -0.25) is 5.43 Å². The Kier molecular flexibility index (Phi) is 4.94. The van der Waals surface area contributed by atoms with Gasteiger partial charge in [-0.1, -0.05) is 0 Å². The number of hydrogen-bond acceptors (Lipinski definition) is 8. The number of nitrogens with one attached hydrogen (secondary N) is 1. The van der Waals surface area contributed by atoms with E-state index in [9.17, 15) is 0 Å². The van der Waals surface area contributed by atoms with Gasteiger partial charge in [-0.15, -0.1) is 0 Å². The summed E-state index contributed by atoms with van der Waals surface area (Å²) in [5.41, 5.74) is 3.54. The molecular formula is C13H21N7O. The van der Waals surface area contributed by atoms with Gasteiger partial charge in [0.1, 0.15) is 0 Å². The van der Waals surface area contributed by atoms with Crippen LogP contribution in [0.25, 0.3) is 0 Å². The lowest BCUT2D eigenvalue weighted by Crippen LogP contribution is -2.28. The maximum atomic E-state index is 5.45. The van der Waals surface area contributed by atoms with Gasteiger partial charge >= 0.3 is 0 Å². The maximum absolute atomic E-state index is 5.45. The van der Waals surface area contributed by atoms with Gasteiger partial charge in [-0.25, -0.2) is 5.84 Å². The number of furan rings is 1. The molecule has 0 fully saturated rings. The van der Waals surface area contributed by atoms with E-state index in [1.807, 2.05) is 22.9 Å². The van der Waals surface area contributed by atoms with Crippen molar-refractivity contribution in [1.29, 1.82) is 0 Å². The van der Waals surface area contributed by atoms with Crippen molar-refractivity contribution in [3.63, 3.8) is 0 Å². The van der Waals surface area contributed by atoms with Crippen LogP contribution in [-0.2, 0) is 6.54 Å². The van der Waals surface area contributed by atoms with Crippen LogP contribution >= 0.6 is 0 Å². The van der Waals surface area contributed by atoms with E-state index in [4.69, 9.17) is 10.3 Å². The van der Waals surface area contributed by atoms with Gasteiger partial charge < -0.3 is 14.2 Å². The summed E-state index contributed by atoms with van der Waals surface area (Å²) in [6, 6.07) is 1.91. The SMILES string of the molecule is CCN(CC)c1nc(NN)nc(N(C)Cc2ccoc2)n1. The van der Waals surface area contributed by atoms with Crippen LogP contribution in [0.1, 0.15) is 19.4 Å². The van der Waals surface area contributed by atoms with Crippen molar-refractivity contribution < 1.29 is 4.42 Å². The van der Waals surface area contributed by atoms with Gasteiger partial charge in [0, 0.05) is 32.2 Å². The van der Waals surface area contributed by atoms with Crippen LogP contribution in [0.2, 0.25) is 0 Å². The van der Waals surface area contributed by atoms with Crippen molar-refractivity contribution in [2.75, 3.05) is 35.4 Å². The Morgan fingerprint density at radius 2 is 1.90 bits per heavy atom. The number of aromatic nitrogens is 3. The topological polar surface area (TPSA) is 96.3 Å². The molecule has 2 aromatic heterocycles. The molecule has 0 spiro atoms. The van der Waals surface area contributed by atoms with Crippen LogP contribution in [0.4, 0.5) is 17.8 Å². The molecule has 0 amide bonds. The second-order valence-electron chi connectivity index (χ2n) is 4.56. The third kappa shape index (κ3) is 3.60. The molecule has 0 unspecified atom stereocenters. The van der Waals surface area contributed by atoms with Gasteiger partial charge in [-0.05, 0) is 19.9 Å². The van der Waals surface area contributed by atoms with Crippen molar-refractivity contribution in [3.05, 3.63) is 24.2 Å². The molecule has 0 bridgehead atoms. The Morgan fingerprint density at radius 3 is 2.48 bits per heavy atom. The highest BCUT2D eigenvalue weighted by molar-refractivity contribution is 5.44. The smallest absolute Gasteiger partial charge is 0.243 e. The van der Waals surface area contributed by atoms with E-state index >= 15 is 0 Å². The normalized spacial score (nSPS) is 10.5. The Morgan fingerprint density at radius 1 is 1.19 bits per heavy atom. The molecule has 2 rings (SSSR count). The molecule has 0 atom stereocenters. The van der Waals surface area contributed by atoms with E-state index in [0.717, 1.165) is 18.7 Å². The van der Waals surface area contributed by atoms with Gasteiger partial charge in [-0.2, -0.15) is 15.0 Å². The predicted octanol–water partition coefficient (Wildman–Crippen LogP) is 1.23. The van der Waals surface area contributed by atoms with Crippen LogP contribution in [0, 0.1) is 0 Å². The monoisotopic (exact) mass is 291 g/mol. The molecule has 0 aliphatic carbocycles. The summed E-state index contributed by atoms with van der Waals surface area (Å²) in [6.45, 7) is 6.38. The molecule has 0 aliphatic rings. The van der Waals surface area contributed by atoms with Crippen molar-refractivity contribution in [3.8, 4) is 0 Å². The molecule has 0 aromatic carbocycles. The number of nitrogens with zero attached hydrogens (tertiary/aromatic N) is 5. The molecule has 114 valence electrons. The molecule has 3 N–H and O–H groups in total. The number of hydrazine groups is 1. The van der Waals surface area contributed by atoms with Gasteiger partial charge in [0.05, 0.1) is 12.5 Å². The zero-order chi connectivity index (χ0) is 15.2. The molecule has 2 aromatic rings. The van der Waals surface area contributed by atoms with Crippen LogP contribution in [0.5, 0.6) is 0 Å². The third-order valence-corrected chi connectivity index (χ3v) is 3.13. The molecular weight excluding hydrogens is 270 g/mol. The van der Waals surface area contributed by atoms with E-state index in [1.54, 1.807) is 12.5 Å². The molecule has 0 aliphatic heterocycles. The van der Waals surface area contributed by atoms with E-state index in [1.165, 1.54) is 0 Å². The first kappa shape index (κ1) is 15.0. The van der Waals surface area contributed by atoms with Crippen molar-refractivity contribution >= 4 is 17.8 Å². The summed E-state index contributed by atoms with van der Waals surface area (Å²) in [7, 11) is 1.91. The van der Waals surface area contributed by atoms with Gasteiger partial charge in [0.15, 0.2) is 0 Å². The minimum atomic E-state index is 0.348. The number of rotatable bonds is 7. The lowest BCUT2D eigenvalue weighted by molar-refractivity contribution is 0.563. The minimum absolute atomic E-state index is 0.348. The van der Waals surface area contributed by atoms with Crippen LogP contribution in [0.3, 0.4) is 0 Å². The molecule has 21 heavy (non-hydrogen) atoms. The predicted molar refractivity (Wildman–Crippen MR) is 82.0 cm³/mol. The van der Waals surface area contributed by atoms with Gasteiger partial charge in [0.25, 0.3) is 0 Å². The van der Waals surface area contributed by atoms with Gasteiger partial charge in [0.2, 0.25) is 17.8 Å². The molecule has 0 saturated heterocycles. The first-order valence-corrected chi connectivity index (χ1v) is 6.87. The second kappa shape index (κ2) is 6.89. The fraction of sp³-hybridized carbons (Fsp3) is 0.462. The van der Waals surface area contributed by atoms with Crippen molar-refractivity contribution in [1.82, 2.24) is 15.0 Å². The minimum Gasteiger partial charge on any atom is -0.472 e. The summed E-state index contributed by atoms with van der Waals surface area (Å²) in [4.78, 5) is 17.1. The lowest BCUT2D eigenvalue weighted by Gasteiger charge is -2.22. The van der Waals surface area contributed by atoms with E-state index in [2.05, 4.69) is 34.2 Å². The fourth-order valence-corrected chi connectivity index (χ4v) is 1.96. The summed E-state index contributed by atoms with van der Waals surface area (Å²) in [6.07, 6.45) is 3.34. The first-order valence-electron chi connectivity index (χ1n) is 6.87. The second-order valence-corrected chi connectivity index (χ2v) is 4.56. The summed E-state index contributed by atoms with van der Waals surface area (Å²) in [5.74, 6) is 6.96. The third-order valence-electron chi connectivity index (χ3n) is 3.13. The zero-order valence-corrected chi connectivity index (χ0v) is 12.6. The standard InChI is InChI=1S/C13H21N7O/c1-4-20(5-2)13-16-11(18-14)15-12(17-13)19(3)8-10-6-7-21-9-10/h6-7,9H,4-5,8,14H2,1-3H3,(H,15,16,17,18). The largest absolute Gasteiger partial charge is 0.472 e. The zero-order valence-electron chi connectivity index (χ0n) is 12.6. The molecule has 0 radical (unpaired) electrons. The Bertz CT molecular complexity index is 554. The maximum Gasteiger partial charge on any atom is 0.243 e. The summed E-state index contributed by atoms with van der Waals surface area (Å²) < 4.78 is 5.07. The number of nitrogen functional groups attached to an aromatic ring is 1. The van der Waals surface area contributed by atoms with E-state index in [0.29, 0.717) is 24.4 Å². The summed E-state index contributed by atoms with van der Waals surface area (Å²) in [5, 5.41) is 0. The lowest BCUT2D eigenvalue weighted by atomic mass is 10.3. The van der Waals surface area contributed by atoms with Crippen molar-refractivity contribution in [2.45, 2.75) is 20.4 Å². The van der Waals surface area contributed by atoms with Crippen molar-refractivity contribution in [2.24, 2.45) is 5.84 Å². The number of anilines is 3. The highest BCUT2D eigenvalue weighted by atomic mass is 16.3. The number of hydrogen-bond donors (Lipinski definition) is 2. The average molecular weight is 291 g/mol. The molecule has 2 heterocycles. The number of nitrogens with two attached hydrogens (primary N) is 1. The quantitative estimate of drug-likeness (QED) is 0.581. The van der Waals surface area contributed by atoms with E-state index < -0.39 is 0 Å². The highest BCUT2D eigenvalue weighted by Crippen LogP contribution is 2.17.